The van der Waals surface area contributed by atoms with Gasteiger partial charge in [-0.3, -0.25) is 19.3 Å². The Hall–Kier alpha value is -3.13. The highest BCUT2D eigenvalue weighted by Crippen LogP contribution is 2.31. The number of hydrogen-bond donors (Lipinski definition) is 2. The number of rotatable bonds is 5. The molecule has 0 bridgehead atoms. The highest BCUT2D eigenvalue weighted by Gasteiger charge is 2.42. The number of nitrogens with zero attached hydrogens (tertiary/aromatic N) is 1. The van der Waals surface area contributed by atoms with Crippen LogP contribution >= 0.6 is 0 Å². The number of nitrogens with two attached hydrogens (primary N) is 1. The first-order valence-corrected chi connectivity index (χ1v) is 10.2. The van der Waals surface area contributed by atoms with Crippen LogP contribution in [0.4, 0.5) is 8.78 Å². The Labute approximate surface area is 179 Å². The maximum atomic E-state index is 13.6. The van der Waals surface area contributed by atoms with Gasteiger partial charge >= 0.3 is 0 Å². The van der Waals surface area contributed by atoms with E-state index in [0.29, 0.717) is 25.5 Å². The van der Waals surface area contributed by atoms with E-state index in [1.807, 2.05) is 30.3 Å². The van der Waals surface area contributed by atoms with E-state index in [-0.39, 0.29) is 5.56 Å². The molecule has 0 spiro atoms. The van der Waals surface area contributed by atoms with Crippen molar-refractivity contribution in [1.29, 1.82) is 0 Å². The molecule has 0 saturated carbocycles. The lowest BCUT2D eigenvalue weighted by atomic mass is 9.86. The number of carbonyl (C=O) groups is 3. The summed E-state index contributed by atoms with van der Waals surface area (Å²) in [5, 5.41) is 2.76. The van der Waals surface area contributed by atoms with Gasteiger partial charge in [0.1, 0.15) is 17.7 Å². The van der Waals surface area contributed by atoms with Gasteiger partial charge in [0.2, 0.25) is 17.7 Å². The molecule has 2 aromatic rings. The van der Waals surface area contributed by atoms with Crippen LogP contribution in [0.3, 0.4) is 0 Å². The van der Waals surface area contributed by atoms with Crippen molar-refractivity contribution >= 4 is 17.7 Å². The van der Waals surface area contributed by atoms with Crippen molar-refractivity contribution in [3.8, 4) is 0 Å². The molecule has 1 aliphatic rings. The first-order valence-electron chi connectivity index (χ1n) is 10.2. The second kappa shape index (κ2) is 9.78. The minimum Gasteiger partial charge on any atom is -0.354 e. The van der Waals surface area contributed by atoms with Gasteiger partial charge in [0.25, 0.3) is 0 Å². The summed E-state index contributed by atoms with van der Waals surface area (Å²) in [5.74, 6) is -4.01. The first kappa shape index (κ1) is 22.6. The van der Waals surface area contributed by atoms with E-state index in [2.05, 4.69) is 5.32 Å². The summed E-state index contributed by atoms with van der Waals surface area (Å²) in [7, 11) is 0. The summed E-state index contributed by atoms with van der Waals surface area (Å²) in [6.45, 7) is 1.85. The van der Waals surface area contributed by atoms with Gasteiger partial charge in [-0.05, 0) is 43.0 Å². The van der Waals surface area contributed by atoms with Gasteiger partial charge in [-0.1, -0.05) is 30.3 Å². The van der Waals surface area contributed by atoms with E-state index in [0.717, 1.165) is 22.6 Å². The molecule has 164 valence electrons. The first-order chi connectivity index (χ1) is 14.8. The SMILES string of the molecule is C[C@H](N)C(=O)N(C(=O)Cc1cc(F)cc(F)c1)[C@@H]1C(=O)NCCC[C@@H]1c1ccccc1. The molecule has 6 nitrogen and oxygen atoms in total. The largest absolute Gasteiger partial charge is 0.354 e. The molecule has 1 saturated heterocycles. The number of hydrogen-bond acceptors (Lipinski definition) is 4. The van der Waals surface area contributed by atoms with Crippen molar-refractivity contribution in [2.24, 2.45) is 5.73 Å². The standard InChI is InChI=1S/C23H25F2N3O3/c1-14(26)23(31)28(20(29)12-15-10-17(24)13-18(25)11-15)21-19(8-5-9-27-22(21)30)16-6-3-2-4-7-16/h2-4,6-7,10-11,13-14,19,21H,5,8-9,12,26H2,1H3,(H,27,30)/t14-,19+,21-/m0/s1. The fraction of sp³-hybridized carbons (Fsp3) is 0.348. The third-order valence-corrected chi connectivity index (χ3v) is 5.32. The molecule has 3 rings (SSSR count). The molecule has 31 heavy (non-hydrogen) atoms. The molecule has 1 aliphatic heterocycles. The van der Waals surface area contributed by atoms with E-state index in [1.54, 1.807) is 0 Å². The molecule has 1 heterocycles. The highest BCUT2D eigenvalue weighted by molar-refractivity contribution is 6.03. The van der Waals surface area contributed by atoms with Gasteiger partial charge in [0.15, 0.2) is 0 Å². The highest BCUT2D eigenvalue weighted by atomic mass is 19.1. The van der Waals surface area contributed by atoms with Crippen molar-refractivity contribution in [2.75, 3.05) is 6.54 Å². The Morgan fingerprint density at radius 1 is 1.16 bits per heavy atom. The van der Waals surface area contributed by atoms with E-state index in [1.165, 1.54) is 6.92 Å². The van der Waals surface area contributed by atoms with Crippen LogP contribution < -0.4 is 11.1 Å². The third-order valence-electron chi connectivity index (χ3n) is 5.32. The molecule has 3 amide bonds. The molecule has 0 unspecified atom stereocenters. The van der Waals surface area contributed by atoms with Gasteiger partial charge in [0.05, 0.1) is 12.5 Å². The molecule has 0 aromatic heterocycles. The van der Waals surface area contributed by atoms with E-state index >= 15 is 0 Å². The molecule has 0 aliphatic carbocycles. The summed E-state index contributed by atoms with van der Waals surface area (Å²) >= 11 is 0. The van der Waals surface area contributed by atoms with Crippen molar-refractivity contribution < 1.29 is 23.2 Å². The van der Waals surface area contributed by atoms with E-state index < -0.39 is 53.8 Å². The lowest BCUT2D eigenvalue weighted by molar-refractivity contribution is -0.153. The predicted molar refractivity (Wildman–Crippen MR) is 111 cm³/mol. The van der Waals surface area contributed by atoms with Crippen LogP contribution in [0.25, 0.3) is 0 Å². The summed E-state index contributed by atoms with van der Waals surface area (Å²) < 4.78 is 27.2. The zero-order valence-corrected chi connectivity index (χ0v) is 17.2. The third kappa shape index (κ3) is 5.32. The lowest BCUT2D eigenvalue weighted by Crippen LogP contribution is -2.57. The predicted octanol–water partition coefficient (Wildman–Crippen LogP) is 2.27. The van der Waals surface area contributed by atoms with Gasteiger partial charge in [-0.15, -0.1) is 0 Å². The van der Waals surface area contributed by atoms with Gasteiger partial charge < -0.3 is 11.1 Å². The number of imide groups is 1. The summed E-state index contributed by atoms with van der Waals surface area (Å²) in [6.07, 6.45) is 0.793. The Bertz CT molecular complexity index is 946. The fourth-order valence-electron chi connectivity index (χ4n) is 3.93. The van der Waals surface area contributed by atoms with Crippen molar-refractivity contribution in [2.45, 2.75) is 44.2 Å². The average molecular weight is 429 g/mol. The zero-order valence-electron chi connectivity index (χ0n) is 17.2. The monoisotopic (exact) mass is 429 g/mol. The maximum Gasteiger partial charge on any atom is 0.246 e. The van der Waals surface area contributed by atoms with E-state index in [4.69, 9.17) is 5.73 Å². The minimum absolute atomic E-state index is 0.0651. The molecule has 3 atom stereocenters. The summed E-state index contributed by atoms with van der Waals surface area (Å²) in [5.41, 5.74) is 6.68. The van der Waals surface area contributed by atoms with Crippen LogP contribution in [-0.4, -0.2) is 41.2 Å². The average Bonchev–Trinajstić information content (AvgIpc) is 2.90. The molecular weight excluding hydrogens is 404 g/mol. The molecule has 2 aromatic carbocycles. The molecule has 0 radical (unpaired) electrons. The number of amides is 3. The Morgan fingerprint density at radius 2 is 1.81 bits per heavy atom. The van der Waals surface area contributed by atoms with Crippen molar-refractivity contribution in [3.05, 3.63) is 71.3 Å². The lowest BCUT2D eigenvalue weighted by Gasteiger charge is -2.34. The van der Waals surface area contributed by atoms with E-state index in [9.17, 15) is 23.2 Å². The van der Waals surface area contributed by atoms with Crippen LogP contribution in [-0.2, 0) is 20.8 Å². The summed E-state index contributed by atoms with van der Waals surface area (Å²) in [6, 6.07) is 9.76. The molecule has 8 heteroatoms. The smallest absolute Gasteiger partial charge is 0.246 e. The second-order valence-electron chi connectivity index (χ2n) is 7.74. The van der Waals surface area contributed by atoms with Crippen LogP contribution in [0.15, 0.2) is 48.5 Å². The van der Waals surface area contributed by atoms with Crippen LogP contribution in [0.5, 0.6) is 0 Å². The Balaban J connectivity index is 2.02. The zero-order chi connectivity index (χ0) is 22.5. The topological polar surface area (TPSA) is 92.5 Å². The van der Waals surface area contributed by atoms with Gasteiger partial charge in [-0.25, -0.2) is 8.78 Å². The summed E-state index contributed by atoms with van der Waals surface area (Å²) in [4.78, 5) is 40.1. The quantitative estimate of drug-likeness (QED) is 0.763. The maximum absolute atomic E-state index is 13.6. The van der Waals surface area contributed by atoms with Gasteiger partial charge in [-0.2, -0.15) is 0 Å². The second-order valence-corrected chi connectivity index (χ2v) is 7.74. The van der Waals surface area contributed by atoms with Crippen LogP contribution in [0.1, 0.15) is 36.8 Å². The molecule has 3 N–H and O–H groups in total. The number of benzene rings is 2. The number of nitrogens with one attached hydrogen (secondary N) is 1. The van der Waals surface area contributed by atoms with Crippen LogP contribution in [0.2, 0.25) is 0 Å². The Kier molecular flexibility index (Phi) is 7.12. The normalized spacial score (nSPS) is 19.8. The molecule has 1 fully saturated rings. The fourth-order valence-corrected chi connectivity index (χ4v) is 3.93. The number of carbonyl (C=O) groups excluding carboxylic acids is 3. The van der Waals surface area contributed by atoms with Gasteiger partial charge in [0, 0.05) is 18.5 Å². The van der Waals surface area contributed by atoms with Crippen molar-refractivity contribution in [3.63, 3.8) is 0 Å². The van der Waals surface area contributed by atoms with Crippen molar-refractivity contribution in [1.82, 2.24) is 10.2 Å². The molecular formula is C23H25F2N3O3. The van der Waals surface area contributed by atoms with Crippen LogP contribution in [0, 0.1) is 11.6 Å². The number of halogens is 2. The minimum atomic E-state index is -1.12. The Morgan fingerprint density at radius 3 is 2.42 bits per heavy atom.